The van der Waals surface area contributed by atoms with Gasteiger partial charge < -0.3 is 10.1 Å². The Bertz CT molecular complexity index is 131. The second-order valence-corrected chi connectivity index (χ2v) is 3.55. The number of amides is 1. The number of hydrogen-bond donors (Lipinski definition) is 1. The topological polar surface area (TPSA) is 38.3 Å². The van der Waals surface area contributed by atoms with Crippen molar-refractivity contribution >= 4 is 21.8 Å². The first kappa shape index (κ1) is 12.9. The molecule has 78 valence electrons. The number of carbonyl (C=O) groups is 1. The van der Waals surface area contributed by atoms with E-state index in [4.69, 9.17) is 4.74 Å². The monoisotopic (exact) mass is 251 g/mol. The van der Waals surface area contributed by atoms with Crippen LogP contribution in [-0.4, -0.2) is 31.0 Å². The van der Waals surface area contributed by atoms with Crippen LogP contribution in [0.4, 0.5) is 0 Å². The fraction of sp³-hybridized carbons (Fsp3) is 0.889. The van der Waals surface area contributed by atoms with Crippen molar-refractivity contribution in [2.75, 3.05) is 25.1 Å². The van der Waals surface area contributed by atoms with Gasteiger partial charge in [0.25, 0.3) is 0 Å². The zero-order valence-electron chi connectivity index (χ0n) is 8.14. The first-order chi connectivity index (χ1) is 6.31. The Labute approximate surface area is 88.4 Å². The minimum Gasteiger partial charge on any atom is -0.381 e. The fourth-order valence-electron chi connectivity index (χ4n) is 0.823. The van der Waals surface area contributed by atoms with E-state index in [1.54, 1.807) is 0 Å². The van der Waals surface area contributed by atoms with Gasteiger partial charge in [-0.05, 0) is 12.8 Å². The molecule has 0 aliphatic rings. The third-order valence-corrected chi connectivity index (χ3v) is 1.85. The maximum atomic E-state index is 10.9. The first-order valence-corrected chi connectivity index (χ1v) is 5.83. The number of halogens is 1. The van der Waals surface area contributed by atoms with Crippen molar-refractivity contribution in [1.29, 1.82) is 0 Å². The van der Waals surface area contributed by atoms with Crippen LogP contribution in [0.5, 0.6) is 0 Å². The lowest BCUT2D eigenvalue weighted by atomic mass is 10.4. The summed E-state index contributed by atoms with van der Waals surface area (Å²) in [5.41, 5.74) is 0. The summed E-state index contributed by atoms with van der Waals surface area (Å²) in [6.45, 7) is 4.35. The van der Waals surface area contributed by atoms with Crippen molar-refractivity contribution in [1.82, 2.24) is 5.32 Å². The van der Waals surface area contributed by atoms with Gasteiger partial charge in [0.15, 0.2) is 0 Å². The smallest absolute Gasteiger partial charge is 0.220 e. The summed E-state index contributed by atoms with van der Waals surface area (Å²) in [6, 6.07) is 0. The van der Waals surface area contributed by atoms with Crippen LogP contribution >= 0.6 is 15.9 Å². The van der Waals surface area contributed by atoms with Crippen molar-refractivity contribution in [3.8, 4) is 0 Å². The van der Waals surface area contributed by atoms with Gasteiger partial charge >= 0.3 is 0 Å². The van der Waals surface area contributed by atoms with E-state index in [0.717, 1.165) is 37.9 Å². The van der Waals surface area contributed by atoms with Crippen LogP contribution < -0.4 is 5.32 Å². The Morgan fingerprint density at radius 3 is 2.85 bits per heavy atom. The fourth-order valence-corrected chi connectivity index (χ4v) is 1.18. The molecule has 0 aromatic rings. The number of nitrogens with one attached hydrogen (secondary N) is 1. The highest BCUT2D eigenvalue weighted by Crippen LogP contribution is 1.88. The maximum absolute atomic E-state index is 10.9. The van der Waals surface area contributed by atoms with E-state index >= 15 is 0 Å². The van der Waals surface area contributed by atoms with Crippen LogP contribution in [0.15, 0.2) is 0 Å². The van der Waals surface area contributed by atoms with Gasteiger partial charge in [0, 0.05) is 31.5 Å². The quantitative estimate of drug-likeness (QED) is 0.527. The van der Waals surface area contributed by atoms with E-state index in [0.29, 0.717) is 6.42 Å². The molecule has 0 heterocycles. The van der Waals surface area contributed by atoms with Gasteiger partial charge in [0.1, 0.15) is 0 Å². The SMILES string of the molecule is CCCOCCCNC(=O)CCBr. The van der Waals surface area contributed by atoms with Crippen molar-refractivity contribution < 1.29 is 9.53 Å². The average molecular weight is 252 g/mol. The summed E-state index contributed by atoms with van der Waals surface area (Å²) >= 11 is 3.21. The number of hydrogen-bond acceptors (Lipinski definition) is 2. The lowest BCUT2D eigenvalue weighted by Crippen LogP contribution is -2.25. The Balaban J connectivity index is 3.02. The molecule has 0 aromatic carbocycles. The van der Waals surface area contributed by atoms with E-state index in [1.807, 2.05) is 0 Å². The molecule has 0 bridgehead atoms. The Hall–Kier alpha value is -0.0900. The highest BCUT2D eigenvalue weighted by atomic mass is 79.9. The second-order valence-electron chi connectivity index (χ2n) is 2.75. The summed E-state index contributed by atoms with van der Waals surface area (Å²) in [5.74, 6) is 0.104. The summed E-state index contributed by atoms with van der Waals surface area (Å²) in [6.07, 6.45) is 2.50. The molecule has 0 rings (SSSR count). The Morgan fingerprint density at radius 2 is 2.23 bits per heavy atom. The second kappa shape index (κ2) is 9.99. The van der Waals surface area contributed by atoms with E-state index < -0.39 is 0 Å². The first-order valence-electron chi connectivity index (χ1n) is 4.71. The number of alkyl halides is 1. The number of ether oxygens (including phenoxy) is 1. The summed E-state index contributed by atoms with van der Waals surface area (Å²) in [7, 11) is 0. The normalized spacial score (nSPS) is 10.0. The van der Waals surface area contributed by atoms with Crippen LogP contribution in [0.3, 0.4) is 0 Å². The molecule has 0 aliphatic heterocycles. The van der Waals surface area contributed by atoms with Crippen molar-refractivity contribution in [3.05, 3.63) is 0 Å². The zero-order chi connectivity index (χ0) is 9.94. The van der Waals surface area contributed by atoms with Crippen LogP contribution in [-0.2, 0) is 9.53 Å². The molecule has 13 heavy (non-hydrogen) atoms. The van der Waals surface area contributed by atoms with Gasteiger partial charge in [-0.1, -0.05) is 22.9 Å². The molecule has 0 atom stereocenters. The van der Waals surface area contributed by atoms with Crippen molar-refractivity contribution in [2.24, 2.45) is 0 Å². The van der Waals surface area contributed by atoms with Crippen LogP contribution in [0, 0.1) is 0 Å². The average Bonchev–Trinajstić information content (AvgIpc) is 2.11. The summed E-state index contributed by atoms with van der Waals surface area (Å²) in [5, 5.41) is 3.54. The van der Waals surface area contributed by atoms with Crippen LogP contribution in [0.2, 0.25) is 0 Å². The van der Waals surface area contributed by atoms with Gasteiger partial charge in [-0.25, -0.2) is 0 Å². The largest absolute Gasteiger partial charge is 0.381 e. The molecular formula is C9H18BrNO2. The van der Waals surface area contributed by atoms with Gasteiger partial charge in [-0.2, -0.15) is 0 Å². The van der Waals surface area contributed by atoms with E-state index in [-0.39, 0.29) is 5.91 Å². The van der Waals surface area contributed by atoms with E-state index in [2.05, 4.69) is 28.2 Å². The van der Waals surface area contributed by atoms with Crippen LogP contribution in [0.25, 0.3) is 0 Å². The summed E-state index contributed by atoms with van der Waals surface area (Å²) in [4.78, 5) is 10.9. The molecule has 1 N–H and O–H groups in total. The number of carbonyl (C=O) groups excluding carboxylic acids is 1. The number of rotatable bonds is 8. The predicted molar refractivity (Wildman–Crippen MR) is 57.1 cm³/mol. The lowest BCUT2D eigenvalue weighted by molar-refractivity contribution is -0.120. The molecule has 0 unspecified atom stereocenters. The molecule has 4 heteroatoms. The van der Waals surface area contributed by atoms with E-state index in [1.165, 1.54) is 0 Å². The summed E-state index contributed by atoms with van der Waals surface area (Å²) < 4.78 is 5.26. The Kier molecular flexibility index (Phi) is 9.92. The minimum atomic E-state index is 0.104. The molecule has 0 saturated heterocycles. The lowest BCUT2D eigenvalue weighted by Gasteiger charge is -2.04. The van der Waals surface area contributed by atoms with Crippen molar-refractivity contribution in [3.63, 3.8) is 0 Å². The van der Waals surface area contributed by atoms with Gasteiger partial charge in [0.2, 0.25) is 5.91 Å². The minimum absolute atomic E-state index is 0.104. The molecule has 0 aliphatic carbocycles. The zero-order valence-corrected chi connectivity index (χ0v) is 9.73. The van der Waals surface area contributed by atoms with Gasteiger partial charge in [-0.3, -0.25) is 4.79 Å². The van der Waals surface area contributed by atoms with Gasteiger partial charge in [0.05, 0.1) is 0 Å². The van der Waals surface area contributed by atoms with Gasteiger partial charge in [-0.15, -0.1) is 0 Å². The Morgan fingerprint density at radius 1 is 1.46 bits per heavy atom. The van der Waals surface area contributed by atoms with Crippen molar-refractivity contribution in [2.45, 2.75) is 26.2 Å². The molecule has 0 spiro atoms. The molecular weight excluding hydrogens is 234 g/mol. The molecule has 1 amide bonds. The van der Waals surface area contributed by atoms with Crippen LogP contribution in [0.1, 0.15) is 26.2 Å². The third-order valence-electron chi connectivity index (χ3n) is 1.46. The molecule has 0 fully saturated rings. The highest BCUT2D eigenvalue weighted by Gasteiger charge is 1.97. The molecule has 0 aromatic heterocycles. The molecule has 0 saturated carbocycles. The molecule has 3 nitrogen and oxygen atoms in total. The standard InChI is InChI=1S/C9H18BrNO2/c1-2-7-13-8-3-6-11-9(12)4-5-10/h2-8H2,1H3,(H,11,12). The highest BCUT2D eigenvalue weighted by molar-refractivity contribution is 9.09. The van der Waals surface area contributed by atoms with E-state index in [9.17, 15) is 4.79 Å². The maximum Gasteiger partial charge on any atom is 0.220 e. The molecule has 0 radical (unpaired) electrons. The predicted octanol–water partition coefficient (Wildman–Crippen LogP) is 1.70. The third kappa shape index (κ3) is 9.83.